The Morgan fingerprint density at radius 2 is 1.67 bits per heavy atom. The van der Waals surface area contributed by atoms with Crippen molar-refractivity contribution in [1.29, 1.82) is 0 Å². The maximum atomic E-state index is 12.1. The van der Waals surface area contributed by atoms with Crippen LogP contribution in [0.3, 0.4) is 0 Å². The number of hydrogen-bond donors (Lipinski definition) is 5. The molecular weight excluding hydrogens is 314 g/mol. The van der Waals surface area contributed by atoms with Gasteiger partial charge in [-0.3, -0.25) is 19.2 Å². The van der Waals surface area contributed by atoms with Gasteiger partial charge in [0.2, 0.25) is 17.7 Å². The number of nitrogens with one attached hydrogen (secondary N) is 4. The van der Waals surface area contributed by atoms with E-state index < -0.39 is 17.9 Å². The number of likely N-dealkylation sites (N-methyl/N-ethyl adjacent to an activating group) is 1. The summed E-state index contributed by atoms with van der Waals surface area (Å²) < 4.78 is 0. The molecule has 0 radical (unpaired) electrons. The van der Waals surface area contributed by atoms with Gasteiger partial charge in [0.25, 0.3) is 0 Å². The third-order valence-corrected chi connectivity index (χ3v) is 3.09. The second kappa shape index (κ2) is 13.4. The Kier molecular flexibility index (Phi) is 12.3. The van der Waals surface area contributed by atoms with Crippen LogP contribution >= 0.6 is 0 Å². The number of ketones is 1. The van der Waals surface area contributed by atoms with Gasteiger partial charge in [-0.2, -0.15) is 0 Å². The number of Topliss-reactive ketones (excluding diaryl/α,β-unsaturated/α-hetero) is 1. The normalized spacial score (nSPS) is 11.5. The molecule has 9 heteroatoms. The molecule has 138 valence electrons. The van der Waals surface area contributed by atoms with Crippen LogP contribution in [0.2, 0.25) is 0 Å². The summed E-state index contributed by atoms with van der Waals surface area (Å²) in [6, 6.07) is -0.755. The summed E-state index contributed by atoms with van der Waals surface area (Å²) in [6.07, 6.45) is 1.81. The Labute approximate surface area is 142 Å². The molecule has 0 heterocycles. The molecule has 0 aromatic heterocycles. The second-order valence-electron chi connectivity index (χ2n) is 5.38. The minimum absolute atomic E-state index is 0.0818. The molecule has 24 heavy (non-hydrogen) atoms. The molecule has 1 atom stereocenters. The fraction of sp³-hybridized carbons (Fsp3) is 0.733. The first-order chi connectivity index (χ1) is 11.4. The van der Waals surface area contributed by atoms with Crippen molar-refractivity contribution in [3.63, 3.8) is 0 Å². The quantitative estimate of drug-likeness (QED) is 0.246. The SMILES string of the molecule is CCNCC(=O)NCC(=O)NC(CCCCN)C(=O)NCC(C)=O. The summed E-state index contributed by atoms with van der Waals surface area (Å²) in [5.74, 6) is -1.36. The fourth-order valence-electron chi connectivity index (χ4n) is 1.82. The molecule has 6 N–H and O–H groups in total. The van der Waals surface area contributed by atoms with Crippen LogP contribution in [0.25, 0.3) is 0 Å². The molecule has 0 bridgehead atoms. The van der Waals surface area contributed by atoms with E-state index in [0.717, 1.165) is 6.42 Å². The second-order valence-corrected chi connectivity index (χ2v) is 5.38. The number of carbonyl (C=O) groups is 4. The lowest BCUT2D eigenvalue weighted by molar-refractivity contribution is -0.130. The standard InChI is InChI=1S/C15H29N5O4/c1-3-17-9-13(22)18-10-14(23)20-12(6-4-5-7-16)15(24)19-8-11(2)21/h12,17H,3-10,16H2,1-2H3,(H,18,22)(H,19,24)(H,20,23). The van der Waals surface area contributed by atoms with Gasteiger partial charge in [0.15, 0.2) is 0 Å². The largest absolute Gasteiger partial charge is 0.347 e. The Morgan fingerprint density at radius 3 is 2.25 bits per heavy atom. The van der Waals surface area contributed by atoms with Gasteiger partial charge >= 0.3 is 0 Å². The van der Waals surface area contributed by atoms with Crippen molar-refractivity contribution < 1.29 is 19.2 Å². The van der Waals surface area contributed by atoms with Crippen molar-refractivity contribution in [2.24, 2.45) is 5.73 Å². The molecule has 0 fully saturated rings. The summed E-state index contributed by atoms with van der Waals surface area (Å²) in [5, 5.41) is 10.3. The van der Waals surface area contributed by atoms with E-state index in [9.17, 15) is 19.2 Å². The molecule has 0 aliphatic heterocycles. The van der Waals surface area contributed by atoms with E-state index in [1.165, 1.54) is 6.92 Å². The Bertz CT molecular complexity index is 428. The van der Waals surface area contributed by atoms with E-state index >= 15 is 0 Å². The molecule has 9 nitrogen and oxygen atoms in total. The third-order valence-electron chi connectivity index (χ3n) is 3.09. The fourth-order valence-corrected chi connectivity index (χ4v) is 1.82. The van der Waals surface area contributed by atoms with Crippen molar-refractivity contribution >= 4 is 23.5 Å². The van der Waals surface area contributed by atoms with E-state index in [2.05, 4.69) is 21.3 Å². The monoisotopic (exact) mass is 343 g/mol. The van der Waals surface area contributed by atoms with E-state index in [1.54, 1.807) is 0 Å². The maximum Gasteiger partial charge on any atom is 0.242 e. The number of rotatable bonds is 13. The lowest BCUT2D eigenvalue weighted by atomic mass is 10.1. The molecule has 3 amide bonds. The highest BCUT2D eigenvalue weighted by Crippen LogP contribution is 2.01. The van der Waals surface area contributed by atoms with E-state index in [0.29, 0.717) is 25.9 Å². The first kappa shape index (κ1) is 22.0. The molecular formula is C15H29N5O4. The Hall–Kier alpha value is -2.00. The molecule has 0 spiro atoms. The molecule has 0 aromatic carbocycles. The first-order valence-corrected chi connectivity index (χ1v) is 8.14. The zero-order valence-electron chi connectivity index (χ0n) is 14.4. The summed E-state index contributed by atoms with van der Waals surface area (Å²) in [7, 11) is 0. The van der Waals surface area contributed by atoms with E-state index in [-0.39, 0.29) is 31.3 Å². The lowest BCUT2D eigenvalue weighted by Gasteiger charge is -2.18. The van der Waals surface area contributed by atoms with Gasteiger partial charge in [0, 0.05) is 0 Å². The van der Waals surface area contributed by atoms with Gasteiger partial charge in [0.1, 0.15) is 11.8 Å². The molecule has 0 aliphatic carbocycles. The molecule has 0 rings (SSSR count). The summed E-state index contributed by atoms with van der Waals surface area (Å²) in [4.78, 5) is 46.3. The van der Waals surface area contributed by atoms with Crippen LogP contribution in [0.4, 0.5) is 0 Å². The van der Waals surface area contributed by atoms with Gasteiger partial charge < -0.3 is 27.0 Å². The molecule has 0 saturated heterocycles. The van der Waals surface area contributed by atoms with Crippen LogP contribution in [0, 0.1) is 0 Å². The summed E-state index contributed by atoms with van der Waals surface area (Å²) >= 11 is 0. The van der Waals surface area contributed by atoms with Gasteiger partial charge in [0.05, 0.1) is 19.6 Å². The number of amides is 3. The van der Waals surface area contributed by atoms with E-state index in [1.807, 2.05) is 6.92 Å². The van der Waals surface area contributed by atoms with Crippen LogP contribution in [0.15, 0.2) is 0 Å². The van der Waals surface area contributed by atoms with Crippen molar-refractivity contribution in [1.82, 2.24) is 21.3 Å². The average molecular weight is 343 g/mol. The zero-order valence-corrected chi connectivity index (χ0v) is 14.4. The van der Waals surface area contributed by atoms with Crippen molar-refractivity contribution in [3.8, 4) is 0 Å². The minimum Gasteiger partial charge on any atom is -0.347 e. The molecule has 1 unspecified atom stereocenters. The van der Waals surface area contributed by atoms with Crippen molar-refractivity contribution in [3.05, 3.63) is 0 Å². The highest BCUT2D eigenvalue weighted by Gasteiger charge is 2.20. The lowest BCUT2D eigenvalue weighted by Crippen LogP contribution is -2.50. The Balaban J connectivity index is 4.39. The Morgan fingerprint density at radius 1 is 0.958 bits per heavy atom. The van der Waals surface area contributed by atoms with Gasteiger partial charge in [-0.25, -0.2) is 0 Å². The number of carbonyl (C=O) groups excluding carboxylic acids is 4. The van der Waals surface area contributed by atoms with Gasteiger partial charge in [-0.1, -0.05) is 6.92 Å². The molecule has 0 aromatic rings. The van der Waals surface area contributed by atoms with Crippen LogP contribution in [0.5, 0.6) is 0 Å². The first-order valence-electron chi connectivity index (χ1n) is 8.14. The average Bonchev–Trinajstić information content (AvgIpc) is 2.55. The predicted molar refractivity (Wildman–Crippen MR) is 90.1 cm³/mol. The number of nitrogens with two attached hydrogens (primary N) is 1. The summed E-state index contributed by atoms with van der Waals surface area (Å²) in [5.41, 5.74) is 5.43. The van der Waals surface area contributed by atoms with Gasteiger partial charge in [-0.15, -0.1) is 0 Å². The molecule has 0 saturated carbocycles. The van der Waals surface area contributed by atoms with Crippen molar-refractivity contribution in [2.45, 2.75) is 39.2 Å². The maximum absolute atomic E-state index is 12.1. The van der Waals surface area contributed by atoms with Crippen LogP contribution < -0.4 is 27.0 Å². The summed E-state index contributed by atoms with van der Waals surface area (Å²) in [6.45, 7) is 4.21. The smallest absolute Gasteiger partial charge is 0.242 e. The van der Waals surface area contributed by atoms with Crippen LogP contribution in [0.1, 0.15) is 33.1 Å². The van der Waals surface area contributed by atoms with Gasteiger partial charge in [-0.05, 0) is 39.3 Å². The predicted octanol–water partition coefficient (Wildman–Crippen LogP) is -1.97. The topological polar surface area (TPSA) is 142 Å². The van der Waals surface area contributed by atoms with Crippen LogP contribution in [-0.4, -0.2) is 62.3 Å². The zero-order chi connectivity index (χ0) is 18.4. The third kappa shape index (κ3) is 11.6. The highest BCUT2D eigenvalue weighted by molar-refractivity contribution is 5.92. The number of unbranched alkanes of at least 4 members (excludes halogenated alkanes) is 1. The van der Waals surface area contributed by atoms with Crippen molar-refractivity contribution in [2.75, 3.05) is 32.7 Å². The molecule has 0 aliphatic rings. The minimum atomic E-state index is -0.755. The van der Waals surface area contributed by atoms with E-state index in [4.69, 9.17) is 5.73 Å². The highest BCUT2D eigenvalue weighted by atomic mass is 16.2. The number of hydrogen-bond acceptors (Lipinski definition) is 6. The van der Waals surface area contributed by atoms with Crippen LogP contribution in [-0.2, 0) is 19.2 Å².